The number of aromatic nitrogens is 1. The lowest BCUT2D eigenvalue weighted by molar-refractivity contribution is -0.126. The Morgan fingerprint density at radius 3 is 2.83 bits per heavy atom. The lowest BCUT2D eigenvalue weighted by atomic mass is 9.59. The third kappa shape index (κ3) is 1.85. The number of amides is 2. The second-order valence-corrected chi connectivity index (χ2v) is 8.60. The molecule has 1 aliphatic heterocycles. The van der Waals surface area contributed by atoms with Crippen LogP contribution in [0, 0.1) is 17.8 Å². The predicted octanol–water partition coefficient (Wildman–Crippen LogP) is 3.82. The van der Waals surface area contributed by atoms with Crippen molar-refractivity contribution in [2.24, 2.45) is 17.8 Å². The summed E-state index contributed by atoms with van der Waals surface area (Å²) in [6, 6.07) is 6.22. The lowest BCUT2D eigenvalue weighted by Crippen LogP contribution is -2.38. The Morgan fingerprint density at radius 2 is 2.00 bits per heavy atom. The van der Waals surface area contributed by atoms with Gasteiger partial charge in [-0.25, -0.2) is 0 Å². The van der Waals surface area contributed by atoms with Crippen LogP contribution >= 0.6 is 15.9 Å². The van der Waals surface area contributed by atoms with E-state index in [0.29, 0.717) is 11.8 Å². The third-order valence-electron chi connectivity index (χ3n) is 6.33. The van der Waals surface area contributed by atoms with Crippen LogP contribution in [0.3, 0.4) is 0 Å². The quantitative estimate of drug-likeness (QED) is 0.676. The maximum absolute atomic E-state index is 12.5. The minimum atomic E-state index is -0.340. The maximum Gasteiger partial charge on any atom is 0.236 e. The summed E-state index contributed by atoms with van der Waals surface area (Å²) in [6.45, 7) is 2.30. The molecule has 0 spiro atoms. The summed E-state index contributed by atoms with van der Waals surface area (Å²) in [5.74, 6) is 0.571. The second-order valence-electron chi connectivity index (χ2n) is 7.69. The molecule has 0 bridgehead atoms. The first kappa shape index (κ1) is 14.7. The SMILES string of the molecule is CC1CCC2C(C1)c1c([nH]c3ccc(Br)cc13)C1C(=O)NC(=O)C12. The number of hydrogen-bond acceptors (Lipinski definition) is 2. The molecule has 3 aliphatic rings. The van der Waals surface area contributed by atoms with Crippen LogP contribution in [-0.4, -0.2) is 16.8 Å². The van der Waals surface area contributed by atoms with Gasteiger partial charge in [-0.1, -0.05) is 29.3 Å². The summed E-state index contributed by atoms with van der Waals surface area (Å²) >= 11 is 3.58. The number of halogens is 1. The van der Waals surface area contributed by atoms with Crippen molar-refractivity contribution in [3.8, 4) is 0 Å². The van der Waals surface area contributed by atoms with Crippen molar-refractivity contribution < 1.29 is 9.59 Å². The minimum Gasteiger partial charge on any atom is -0.357 e. The molecular formula is C19H19BrN2O2. The van der Waals surface area contributed by atoms with E-state index in [9.17, 15) is 9.59 Å². The van der Waals surface area contributed by atoms with Gasteiger partial charge >= 0.3 is 0 Å². The van der Waals surface area contributed by atoms with E-state index in [4.69, 9.17) is 0 Å². The van der Waals surface area contributed by atoms with Crippen molar-refractivity contribution in [1.82, 2.24) is 10.3 Å². The zero-order chi connectivity index (χ0) is 16.6. The van der Waals surface area contributed by atoms with Crippen LogP contribution in [0.25, 0.3) is 10.9 Å². The second kappa shape index (κ2) is 4.94. The molecule has 2 amide bonds. The molecule has 1 saturated heterocycles. The monoisotopic (exact) mass is 386 g/mol. The molecule has 1 aromatic heterocycles. The Morgan fingerprint density at radius 1 is 1.17 bits per heavy atom. The average molecular weight is 387 g/mol. The van der Waals surface area contributed by atoms with Crippen molar-refractivity contribution in [1.29, 1.82) is 0 Å². The summed E-state index contributed by atoms with van der Waals surface area (Å²) in [5.41, 5.74) is 3.33. The van der Waals surface area contributed by atoms with Crippen LogP contribution in [0.5, 0.6) is 0 Å². The van der Waals surface area contributed by atoms with Crippen molar-refractivity contribution in [3.63, 3.8) is 0 Å². The van der Waals surface area contributed by atoms with E-state index in [1.54, 1.807) is 0 Å². The number of H-pyrrole nitrogens is 1. The topological polar surface area (TPSA) is 62.0 Å². The van der Waals surface area contributed by atoms with Gasteiger partial charge in [0.2, 0.25) is 11.8 Å². The number of nitrogens with one attached hydrogen (secondary N) is 2. The van der Waals surface area contributed by atoms with Crippen LogP contribution < -0.4 is 5.32 Å². The molecular weight excluding hydrogens is 368 g/mol. The largest absolute Gasteiger partial charge is 0.357 e. The zero-order valence-corrected chi connectivity index (χ0v) is 15.0. The molecule has 1 saturated carbocycles. The predicted molar refractivity (Wildman–Crippen MR) is 94.6 cm³/mol. The van der Waals surface area contributed by atoms with Crippen molar-refractivity contribution >= 4 is 38.6 Å². The highest BCUT2D eigenvalue weighted by Gasteiger charge is 2.55. The Kier molecular flexibility index (Phi) is 3.03. The number of imide groups is 1. The molecule has 24 heavy (non-hydrogen) atoms. The molecule has 2 aromatic rings. The highest BCUT2D eigenvalue weighted by atomic mass is 79.9. The van der Waals surface area contributed by atoms with E-state index in [1.807, 2.05) is 6.07 Å². The van der Waals surface area contributed by atoms with E-state index in [0.717, 1.165) is 34.9 Å². The highest BCUT2D eigenvalue weighted by molar-refractivity contribution is 9.10. The molecule has 5 unspecified atom stereocenters. The van der Waals surface area contributed by atoms with E-state index in [2.05, 4.69) is 45.3 Å². The van der Waals surface area contributed by atoms with Crippen LogP contribution in [0.2, 0.25) is 0 Å². The fraction of sp³-hybridized carbons (Fsp3) is 0.474. The summed E-state index contributed by atoms with van der Waals surface area (Å²) in [5, 5.41) is 3.80. The van der Waals surface area contributed by atoms with Gasteiger partial charge in [0.25, 0.3) is 0 Å². The number of carbonyl (C=O) groups is 2. The van der Waals surface area contributed by atoms with Crippen molar-refractivity contribution in [2.75, 3.05) is 0 Å². The molecule has 1 aromatic carbocycles. The van der Waals surface area contributed by atoms with E-state index >= 15 is 0 Å². The Hall–Kier alpha value is -1.62. The fourth-order valence-electron chi connectivity index (χ4n) is 5.37. The molecule has 0 radical (unpaired) electrons. The van der Waals surface area contributed by atoms with Gasteiger partial charge in [0, 0.05) is 21.1 Å². The Labute approximate surface area is 148 Å². The standard InChI is InChI=1S/C19H19BrN2O2/c1-8-2-4-10-11(6-8)14-12-7-9(20)3-5-13(12)21-17(14)16-15(10)18(23)22-19(16)24/h3,5,7-8,10-11,15-16,21H,2,4,6H2,1H3,(H,22,23,24). The van der Waals surface area contributed by atoms with Gasteiger partial charge < -0.3 is 4.98 Å². The Bertz CT molecular complexity index is 887. The summed E-state index contributed by atoms with van der Waals surface area (Å²) in [7, 11) is 0. The summed E-state index contributed by atoms with van der Waals surface area (Å²) in [4.78, 5) is 28.5. The van der Waals surface area contributed by atoms with Crippen LogP contribution in [0.15, 0.2) is 22.7 Å². The van der Waals surface area contributed by atoms with Crippen LogP contribution in [0.1, 0.15) is 49.3 Å². The highest BCUT2D eigenvalue weighted by Crippen LogP contribution is 2.56. The van der Waals surface area contributed by atoms with Gasteiger partial charge in [-0.05, 0) is 54.4 Å². The number of carbonyl (C=O) groups excluding carboxylic acids is 2. The van der Waals surface area contributed by atoms with Crippen LogP contribution in [-0.2, 0) is 9.59 Å². The number of aromatic amines is 1. The number of rotatable bonds is 0. The van der Waals surface area contributed by atoms with Crippen molar-refractivity contribution in [2.45, 2.75) is 38.0 Å². The average Bonchev–Trinajstić information content (AvgIpc) is 3.05. The molecule has 5 rings (SSSR count). The first-order valence-electron chi connectivity index (χ1n) is 8.70. The first-order valence-corrected chi connectivity index (χ1v) is 9.49. The molecule has 2 aliphatic carbocycles. The number of benzene rings is 1. The molecule has 2 fully saturated rings. The lowest BCUT2D eigenvalue weighted by Gasteiger charge is -2.43. The van der Waals surface area contributed by atoms with E-state index in [-0.39, 0.29) is 29.6 Å². The number of hydrogen-bond donors (Lipinski definition) is 2. The van der Waals surface area contributed by atoms with Gasteiger partial charge in [-0.3, -0.25) is 14.9 Å². The van der Waals surface area contributed by atoms with Gasteiger partial charge in [0.1, 0.15) is 0 Å². The smallest absolute Gasteiger partial charge is 0.236 e. The van der Waals surface area contributed by atoms with Gasteiger partial charge in [0.15, 0.2) is 0 Å². The van der Waals surface area contributed by atoms with E-state index in [1.165, 1.54) is 10.9 Å². The fourth-order valence-corrected chi connectivity index (χ4v) is 5.73. The Balaban J connectivity index is 1.80. The normalized spacial score (nSPS) is 34.7. The molecule has 2 heterocycles. The van der Waals surface area contributed by atoms with Gasteiger partial charge in [-0.2, -0.15) is 0 Å². The zero-order valence-electron chi connectivity index (χ0n) is 13.4. The van der Waals surface area contributed by atoms with Crippen LogP contribution in [0.4, 0.5) is 0 Å². The molecule has 5 atom stereocenters. The molecule has 5 heteroatoms. The maximum atomic E-state index is 12.5. The summed E-state index contributed by atoms with van der Waals surface area (Å²) in [6.07, 6.45) is 3.28. The molecule has 2 N–H and O–H groups in total. The minimum absolute atomic E-state index is 0.0694. The summed E-state index contributed by atoms with van der Waals surface area (Å²) < 4.78 is 1.05. The molecule has 124 valence electrons. The van der Waals surface area contributed by atoms with Gasteiger partial charge in [0.05, 0.1) is 11.8 Å². The number of fused-ring (bicyclic) bond motifs is 8. The molecule has 4 nitrogen and oxygen atoms in total. The van der Waals surface area contributed by atoms with E-state index < -0.39 is 0 Å². The van der Waals surface area contributed by atoms with Crippen molar-refractivity contribution in [3.05, 3.63) is 33.9 Å². The third-order valence-corrected chi connectivity index (χ3v) is 6.82. The first-order chi connectivity index (χ1) is 11.5. The van der Waals surface area contributed by atoms with Gasteiger partial charge in [-0.15, -0.1) is 0 Å².